The molecular formula is C18H17F3N4O3. The number of nitro groups is 1. The Morgan fingerprint density at radius 2 is 1.75 bits per heavy atom. The van der Waals surface area contributed by atoms with E-state index in [1.807, 2.05) is 4.90 Å². The number of carbonyl (C=O) groups is 1. The minimum atomic E-state index is -4.44. The molecular weight excluding hydrogens is 377 g/mol. The molecule has 0 spiro atoms. The van der Waals surface area contributed by atoms with E-state index in [2.05, 4.69) is 4.98 Å². The maximum absolute atomic E-state index is 12.7. The van der Waals surface area contributed by atoms with E-state index >= 15 is 0 Å². The summed E-state index contributed by atoms with van der Waals surface area (Å²) in [6.45, 7) is 1.92. The number of rotatable bonds is 3. The van der Waals surface area contributed by atoms with Gasteiger partial charge in [0.2, 0.25) is 0 Å². The molecule has 148 valence electrons. The van der Waals surface area contributed by atoms with Gasteiger partial charge in [0.1, 0.15) is 12.0 Å². The molecule has 1 fully saturated rings. The minimum Gasteiger partial charge on any atom is -0.355 e. The van der Waals surface area contributed by atoms with Gasteiger partial charge in [0.05, 0.1) is 10.5 Å². The highest BCUT2D eigenvalue weighted by Gasteiger charge is 2.30. The zero-order chi connectivity index (χ0) is 20.3. The molecule has 0 bridgehead atoms. The van der Waals surface area contributed by atoms with Gasteiger partial charge in [-0.3, -0.25) is 14.9 Å². The highest BCUT2D eigenvalue weighted by molar-refractivity contribution is 5.94. The van der Waals surface area contributed by atoms with E-state index in [1.54, 1.807) is 11.0 Å². The van der Waals surface area contributed by atoms with E-state index in [4.69, 9.17) is 0 Å². The monoisotopic (exact) mass is 394 g/mol. The normalized spacial score (nSPS) is 15.2. The van der Waals surface area contributed by atoms with Crippen LogP contribution in [0.3, 0.4) is 0 Å². The number of anilines is 1. The van der Waals surface area contributed by atoms with Gasteiger partial charge in [-0.25, -0.2) is 4.98 Å². The Kier molecular flexibility index (Phi) is 5.48. The SMILES string of the molecule is O=C(c1ccc(C(F)(F)F)cc1)N1CCCN(c2ccc([N+](=O)[O-])cn2)CC1. The molecule has 1 amide bonds. The number of alkyl halides is 3. The van der Waals surface area contributed by atoms with Crippen LogP contribution in [-0.4, -0.2) is 46.9 Å². The van der Waals surface area contributed by atoms with Crippen molar-refractivity contribution in [2.24, 2.45) is 0 Å². The van der Waals surface area contributed by atoms with Gasteiger partial charge in [-0.1, -0.05) is 0 Å². The van der Waals surface area contributed by atoms with Crippen molar-refractivity contribution in [2.45, 2.75) is 12.6 Å². The molecule has 28 heavy (non-hydrogen) atoms. The summed E-state index contributed by atoms with van der Waals surface area (Å²) in [6.07, 6.45) is -2.61. The molecule has 1 aliphatic heterocycles. The van der Waals surface area contributed by atoms with Crippen LogP contribution in [0.2, 0.25) is 0 Å². The van der Waals surface area contributed by atoms with Crippen molar-refractivity contribution in [1.29, 1.82) is 0 Å². The molecule has 10 heteroatoms. The fourth-order valence-electron chi connectivity index (χ4n) is 3.01. The number of amides is 1. The summed E-state index contributed by atoms with van der Waals surface area (Å²) < 4.78 is 38.0. The maximum atomic E-state index is 12.7. The van der Waals surface area contributed by atoms with Crippen molar-refractivity contribution < 1.29 is 22.9 Å². The summed E-state index contributed by atoms with van der Waals surface area (Å²) in [5, 5.41) is 10.7. The molecule has 0 unspecified atom stereocenters. The summed E-state index contributed by atoms with van der Waals surface area (Å²) in [5.74, 6) is 0.252. The predicted octanol–water partition coefficient (Wildman–Crippen LogP) is 3.36. The molecule has 1 saturated heterocycles. The maximum Gasteiger partial charge on any atom is 0.416 e. The third kappa shape index (κ3) is 4.38. The highest BCUT2D eigenvalue weighted by Crippen LogP contribution is 2.29. The Hall–Kier alpha value is -3.17. The van der Waals surface area contributed by atoms with E-state index in [9.17, 15) is 28.1 Å². The lowest BCUT2D eigenvalue weighted by molar-refractivity contribution is -0.385. The standard InChI is InChI=1S/C18H17F3N4O3/c19-18(20,21)14-4-2-13(3-5-14)17(26)24-9-1-8-23(10-11-24)16-7-6-15(12-22-16)25(27)28/h2-7,12H,1,8-11H2. The Balaban J connectivity index is 1.66. The molecule has 7 nitrogen and oxygen atoms in total. The molecule has 1 aromatic heterocycles. The Bertz CT molecular complexity index is 854. The molecule has 0 saturated carbocycles. The summed E-state index contributed by atoms with van der Waals surface area (Å²) in [7, 11) is 0. The first-order valence-electron chi connectivity index (χ1n) is 8.57. The molecule has 0 radical (unpaired) electrons. The number of carbonyl (C=O) groups excluding carboxylic acids is 1. The van der Waals surface area contributed by atoms with Gasteiger partial charge in [-0.2, -0.15) is 13.2 Å². The Morgan fingerprint density at radius 3 is 2.32 bits per heavy atom. The molecule has 0 N–H and O–H groups in total. The van der Waals surface area contributed by atoms with Crippen LogP contribution < -0.4 is 4.90 Å². The van der Waals surface area contributed by atoms with Gasteiger partial charge in [0, 0.05) is 37.8 Å². The van der Waals surface area contributed by atoms with Gasteiger partial charge in [-0.05, 0) is 36.8 Å². The topological polar surface area (TPSA) is 79.6 Å². The second-order valence-corrected chi connectivity index (χ2v) is 6.34. The van der Waals surface area contributed by atoms with Crippen LogP contribution in [0, 0.1) is 10.1 Å². The fraction of sp³-hybridized carbons (Fsp3) is 0.333. The van der Waals surface area contributed by atoms with Gasteiger partial charge < -0.3 is 9.80 Å². The molecule has 0 atom stereocenters. The number of aromatic nitrogens is 1. The highest BCUT2D eigenvalue weighted by atomic mass is 19.4. The van der Waals surface area contributed by atoms with Crippen LogP contribution in [0.1, 0.15) is 22.3 Å². The van der Waals surface area contributed by atoms with E-state index in [0.29, 0.717) is 38.4 Å². The summed E-state index contributed by atoms with van der Waals surface area (Å²) >= 11 is 0. The number of halogens is 3. The second-order valence-electron chi connectivity index (χ2n) is 6.34. The Labute approximate surface area is 158 Å². The average Bonchev–Trinajstić information content (AvgIpc) is 2.93. The van der Waals surface area contributed by atoms with Crippen molar-refractivity contribution >= 4 is 17.4 Å². The minimum absolute atomic E-state index is 0.0994. The molecule has 1 aromatic carbocycles. The van der Waals surface area contributed by atoms with Crippen molar-refractivity contribution in [1.82, 2.24) is 9.88 Å². The van der Waals surface area contributed by atoms with Crippen LogP contribution in [0.15, 0.2) is 42.6 Å². The third-order valence-corrected chi connectivity index (χ3v) is 4.51. The first-order valence-corrected chi connectivity index (χ1v) is 8.57. The number of benzene rings is 1. The van der Waals surface area contributed by atoms with E-state index in [0.717, 1.165) is 12.1 Å². The van der Waals surface area contributed by atoms with E-state index in [-0.39, 0.29) is 17.2 Å². The van der Waals surface area contributed by atoms with Crippen molar-refractivity contribution in [3.63, 3.8) is 0 Å². The lowest BCUT2D eigenvalue weighted by Crippen LogP contribution is -2.35. The predicted molar refractivity (Wildman–Crippen MR) is 95.1 cm³/mol. The molecule has 2 aromatic rings. The van der Waals surface area contributed by atoms with Crippen LogP contribution in [0.5, 0.6) is 0 Å². The quantitative estimate of drug-likeness (QED) is 0.589. The van der Waals surface area contributed by atoms with Crippen LogP contribution in [0.4, 0.5) is 24.7 Å². The number of pyridine rings is 1. The van der Waals surface area contributed by atoms with Gasteiger partial charge in [0.25, 0.3) is 11.6 Å². The lowest BCUT2D eigenvalue weighted by atomic mass is 10.1. The Morgan fingerprint density at radius 1 is 1.04 bits per heavy atom. The first kappa shape index (κ1) is 19.6. The summed E-state index contributed by atoms with van der Waals surface area (Å²) in [5.41, 5.74) is -0.692. The first-order chi connectivity index (χ1) is 13.3. The van der Waals surface area contributed by atoms with E-state index in [1.165, 1.54) is 24.4 Å². The van der Waals surface area contributed by atoms with Crippen LogP contribution in [-0.2, 0) is 6.18 Å². The zero-order valence-electron chi connectivity index (χ0n) is 14.7. The lowest BCUT2D eigenvalue weighted by Gasteiger charge is -2.23. The average molecular weight is 394 g/mol. The molecule has 0 aliphatic carbocycles. The molecule has 2 heterocycles. The third-order valence-electron chi connectivity index (χ3n) is 4.51. The smallest absolute Gasteiger partial charge is 0.355 e. The number of hydrogen-bond acceptors (Lipinski definition) is 5. The van der Waals surface area contributed by atoms with Gasteiger partial charge >= 0.3 is 6.18 Å². The summed E-state index contributed by atoms with van der Waals surface area (Å²) in [4.78, 5) is 30.4. The van der Waals surface area contributed by atoms with E-state index < -0.39 is 16.7 Å². The van der Waals surface area contributed by atoms with Crippen LogP contribution in [0.25, 0.3) is 0 Å². The second kappa shape index (κ2) is 7.83. The largest absolute Gasteiger partial charge is 0.416 e. The zero-order valence-corrected chi connectivity index (χ0v) is 14.7. The van der Waals surface area contributed by atoms with Crippen molar-refractivity contribution in [2.75, 3.05) is 31.1 Å². The van der Waals surface area contributed by atoms with Gasteiger partial charge in [0.15, 0.2) is 0 Å². The molecule has 3 rings (SSSR count). The summed E-state index contributed by atoms with van der Waals surface area (Å²) in [6, 6.07) is 7.11. The molecule has 1 aliphatic rings. The van der Waals surface area contributed by atoms with Gasteiger partial charge in [-0.15, -0.1) is 0 Å². The number of nitrogens with zero attached hydrogens (tertiary/aromatic N) is 4. The van der Waals surface area contributed by atoms with Crippen LogP contribution >= 0.6 is 0 Å². The number of hydrogen-bond donors (Lipinski definition) is 0. The fourth-order valence-corrected chi connectivity index (χ4v) is 3.01. The van der Waals surface area contributed by atoms with Crippen molar-refractivity contribution in [3.8, 4) is 0 Å². The van der Waals surface area contributed by atoms with Crippen molar-refractivity contribution in [3.05, 3.63) is 63.8 Å².